The molecule has 0 aromatic heterocycles. The van der Waals surface area contributed by atoms with Crippen LogP contribution < -0.4 is 11.1 Å². The Bertz CT molecular complexity index is 294. The molecule has 0 aromatic rings. The maximum absolute atomic E-state index is 12.1. The summed E-state index contributed by atoms with van der Waals surface area (Å²) in [5.41, 5.74) is 5.94. The number of nitrogens with zero attached hydrogens (tertiary/aromatic N) is 1. The van der Waals surface area contributed by atoms with Crippen LogP contribution in [0.15, 0.2) is 0 Å². The molecule has 2 unspecified atom stereocenters. The van der Waals surface area contributed by atoms with Gasteiger partial charge in [-0.3, -0.25) is 4.79 Å². The molecule has 19 heavy (non-hydrogen) atoms. The molecule has 1 amide bonds. The highest BCUT2D eigenvalue weighted by atomic mass is 16.2. The van der Waals surface area contributed by atoms with Crippen LogP contribution >= 0.6 is 0 Å². The predicted octanol–water partition coefficient (Wildman–Crippen LogP) is 1.64. The largest absolute Gasteiger partial charge is 0.352 e. The van der Waals surface area contributed by atoms with Gasteiger partial charge in [-0.05, 0) is 39.2 Å². The van der Waals surface area contributed by atoms with Crippen LogP contribution in [-0.2, 0) is 4.79 Å². The first kappa shape index (κ1) is 14.8. The van der Waals surface area contributed by atoms with E-state index in [0.717, 1.165) is 32.1 Å². The van der Waals surface area contributed by atoms with Crippen molar-refractivity contribution in [3.63, 3.8) is 0 Å². The van der Waals surface area contributed by atoms with Crippen LogP contribution in [0.25, 0.3) is 0 Å². The third-order valence-electron chi connectivity index (χ3n) is 4.89. The number of carbonyl (C=O) groups excluding carboxylic acids is 1. The van der Waals surface area contributed by atoms with Gasteiger partial charge in [-0.2, -0.15) is 0 Å². The number of rotatable bonds is 5. The monoisotopic (exact) mass is 267 g/mol. The number of hydrogen-bond donors (Lipinski definition) is 2. The van der Waals surface area contributed by atoms with Crippen molar-refractivity contribution >= 4 is 5.91 Å². The summed E-state index contributed by atoms with van der Waals surface area (Å²) in [5, 5.41) is 3.19. The average molecular weight is 267 g/mol. The summed E-state index contributed by atoms with van der Waals surface area (Å²) in [4.78, 5) is 14.6. The van der Waals surface area contributed by atoms with Gasteiger partial charge < -0.3 is 16.0 Å². The summed E-state index contributed by atoms with van der Waals surface area (Å²) >= 11 is 0. The number of carbonyl (C=O) groups is 1. The maximum atomic E-state index is 12.1. The number of nitrogens with one attached hydrogen (secondary N) is 1. The molecule has 0 aliphatic carbocycles. The standard InChI is InChI=1S/C15H29N3O/c1-3-4-8-14(16)15(19)17-11-9-12-6-5-7-13(10-11)18(12)2/h11-14H,3-10,16H2,1-2H3,(H,17,19)/t11?,12?,13?,14-/m0/s1. The summed E-state index contributed by atoms with van der Waals surface area (Å²) in [7, 11) is 2.24. The molecule has 2 saturated heterocycles. The summed E-state index contributed by atoms with van der Waals surface area (Å²) in [6.07, 6.45) is 9.03. The van der Waals surface area contributed by atoms with E-state index in [1.807, 2.05) is 0 Å². The summed E-state index contributed by atoms with van der Waals surface area (Å²) in [6, 6.07) is 1.33. The molecule has 3 atom stereocenters. The van der Waals surface area contributed by atoms with Crippen LogP contribution in [-0.4, -0.2) is 42.0 Å². The number of nitrogens with two attached hydrogens (primary N) is 1. The molecule has 0 aromatic carbocycles. The quantitative estimate of drug-likeness (QED) is 0.796. The molecule has 2 aliphatic heterocycles. The van der Waals surface area contributed by atoms with Gasteiger partial charge in [0.05, 0.1) is 6.04 Å². The lowest BCUT2D eigenvalue weighted by molar-refractivity contribution is -0.124. The van der Waals surface area contributed by atoms with Crippen LogP contribution in [0.2, 0.25) is 0 Å². The molecule has 4 heteroatoms. The van der Waals surface area contributed by atoms with Gasteiger partial charge in [0.15, 0.2) is 0 Å². The predicted molar refractivity (Wildman–Crippen MR) is 77.9 cm³/mol. The van der Waals surface area contributed by atoms with Crippen LogP contribution in [0.1, 0.15) is 58.3 Å². The van der Waals surface area contributed by atoms with Gasteiger partial charge in [0.1, 0.15) is 0 Å². The molecule has 0 spiro atoms. The Balaban J connectivity index is 1.81. The Morgan fingerprint density at radius 2 is 2.00 bits per heavy atom. The first-order valence-electron chi connectivity index (χ1n) is 7.89. The van der Waals surface area contributed by atoms with Gasteiger partial charge in [-0.1, -0.05) is 26.2 Å². The highest BCUT2D eigenvalue weighted by molar-refractivity contribution is 5.81. The van der Waals surface area contributed by atoms with Crippen LogP contribution in [0.5, 0.6) is 0 Å². The molecule has 110 valence electrons. The van der Waals surface area contributed by atoms with E-state index in [0.29, 0.717) is 18.1 Å². The van der Waals surface area contributed by atoms with Crippen molar-refractivity contribution in [1.82, 2.24) is 10.2 Å². The molecule has 3 N–H and O–H groups in total. The molecular formula is C15H29N3O. The van der Waals surface area contributed by atoms with E-state index in [2.05, 4.69) is 24.2 Å². The fourth-order valence-electron chi connectivity index (χ4n) is 3.60. The maximum Gasteiger partial charge on any atom is 0.237 e. The minimum Gasteiger partial charge on any atom is -0.352 e. The fourth-order valence-corrected chi connectivity index (χ4v) is 3.60. The summed E-state index contributed by atoms with van der Waals surface area (Å²) in [6.45, 7) is 2.13. The fraction of sp³-hybridized carbons (Fsp3) is 0.933. The van der Waals surface area contributed by atoms with E-state index in [1.54, 1.807) is 0 Å². The van der Waals surface area contributed by atoms with Crippen LogP contribution in [0.3, 0.4) is 0 Å². The second-order valence-electron chi connectivity index (χ2n) is 6.33. The van der Waals surface area contributed by atoms with Gasteiger partial charge in [0, 0.05) is 18.1 Å². The minimum absolute atomic E-state index is 0.0566. The van der Waals surface area contributed by atoms with E-state index < -0.39 is 0 Å². The van der Waals surface area contributed by atoms with E-state index in [4.69, 9.17) is 5.73 Å². The molecule has 0 saturated carbocycles. The summed E-state index contributed by atoms with van der Waals surface area (Å²) < 4.78 is 0. The highest BCUT2D eigenvalue weighted by Gasteiger charge is 2.36. The zero-order valence-corrected chi connectivity index (χ0v) is 12.4. The first-order chi connectivity index (χ1) is 9.11. The Hall–Kier alpha value is -0.610. The molecule has 2 bridgehead atoms. The molecule has 2 heterocycles. The lowest BCUT2D eigenvalue weighted by Gasteiger charge is -2.47. The Morgan fingerprint density at radius 3 is 2.58 bits per heavy atom. The molecular weight excluding hydrogens is 238 g/mol. The van der Waals surface area contributed by atoms with Crippen LogP contribution in [0.4, 0.5) is 0 Å². The molecule has 2 rings (SSSR count). The zero-order chi connectivity index (χ0) is 13.8. The lowest BCUT2D eigenvalue weighted by atomic mass is 9.82. The number of hydrogen-bond acceptors (Lipinski definition) is 3. The first-order valence-corrected chi connectivity index (χ1v) is 7.89. The molecule has 2 aliphatic rings. The second kappa shape index (κ2) is 6.71. The number of unbranched alkanes of at least 4 members (excludes halogenated alkanes) is 1. The smallest absolute Gasteiger partial charge is 0.237 e. The SMILES string of the molecule is CCCC[C@H](N)C(=O)NC1CC2CCCC(C1)N2C. The lowest BCUT2D eigenvalue weighted by Crippen LogP contribution is -2.56. The van der Waals surface area contributed by atoms with Gasteiger partial charge >= 0.3 is 0 Å². The Morgan fingerprint density at radius 1 is 1.37 bits per heavy atom. The van der Waals surface area contributed by atoms with Gasteiger partial charge in [-0.25, -0.2) is 0 Å². The molecule has 4 nitrogen and oxygen atoms in total. The van der Waals surface area contributed by atoms with Crippen molar-refractivity contribution in [2.24, 2.45) is 5.73 Å². The van der Waals surface area contributed by atoms with E-state index >= 15 is 0 Å². The third kappa shape index (κ3) is 3.69. The number of amides is 1. The minimum atomic E-state index is -0.320. The third-order valence-corrected chi connectivity index (χ3v) is 4.89. The van der Waals surface area contributed by atoms with Crippen molar-refractivity contribution in [3.8, 4) is 0 Å². The Labute approximate surface area is 117 Å². The van der Waals surface area contributed by atoms with E-state index in [1.165, 1.54) is 19.3 Å². The van der Waals surface area contributed by atoms with Crippen molar-refractivity contribution in [2.75, 3.05) is 7.05 Å². The number of fused-ring (bicyclic) bond motifs is 2. The van der Waals surface area contributed by atoms with Gasteiger partial charge in [0.2, 0.25) is 5.91 Å². The van der Waals surface area contributed by atoms with Gasteiger partial charge in [-0.15, -0.1) is 0 Å². The van der Waals surface area contributed by atoms with E-state index in [-0.39, 0.29) is 11.9 Å². The average Bonchev–Trinajstić information content (AvgIpc) is 2.37. The molecule has 2 fully saturated rings. The number of piperidine rings is 2. The van der Waals surface area contributed by atoms with Crippen LogP contribution in [0, 0.1) is 0 Å². The summed E-state index contributed by atoms with van der Waals surface area (Å²) in [5.74, 6) is 0.0566. The molecule has 0 radical (unpaired) electrons. The zero-order valence-electron chi connectivity index (χ0n) is 12.4. The van der Waals surface area contributed by atoms with Crippen molar-refractivity contribution in [3.05, 3.63) is 0 Å². The normalized spacial score (nSPS) is 32.9. The topological polar surface area (TPSA) is 58.4 Å². The van der Waals surface area contributed by atoms with Crippen molar-refractivity contribution in [2.45, 2.75) is 82.5 Å². The highest BCUT2D eigenvalue weighted by Crippen LogP contribution is 2.32. The second-order valence-corrected chi connectivity index (χ2v) is 6.33. The van der Waals surface area contributed by atoms with Crippen molar-refractivity contribution < 1.29 is 4.79 Å². The van der Waals surface area contributed by atoms with E-state index in [9.17, 15) is 4.79 Å². The van der Waals surface area contributed by atoms with Gasteiger partial charge in [0.25, 0.3) is 0 Å². The van der Waals surface area contributed by atoms with Crippen molar-refractivity contribution in [1.29, 1.82) is 0 Å². The Kier molecular flexibility index (Phi) is 5.22.